The van der Waals surface area contributed by atoms with Crippen LogP contribution in [-0.2, 0) is 9.53 Å². The number of rotatable bonds is 6. The Morgan fingerprint density at radius 3 is 2.85 bits per heavy atom. The van der Waals surface area contributed by atoms with Gasteiger partial charge in [0.05, 0.1) is 12.2 Å². The van der Waals surface area contributed by atoms with Gasteiger partial charge in [-0.15, -0.1) is 0 Å². The van der Waals surface area contributed by atoms with Crippen LogP contribution in [0.25, 0.3) is 0 Å². The van der Waals surface area contributed by atoms with Gasteiger partial charge in [0.15, 0.2) is 0 Å². The second-order valence-electron chi connectivity index (χ2n) is 2.58. The largest absolute Gasteiger partial charge is 0.460 e. The van der Waals surface area contributed by atoms with Crippen LogP contribution >= 0.6 is 0 Å². The maximum atomic E-state index is 11.0. The maximum absolute atomic E-state index is 11.0. The van der Waals surface area contributed by atoms with E-state index in [4.69, 9.17) is 5.11 Å². The molecular weight excluding hydrogens is 168 g/mol. The van der Waals surface area contributed by atoms with Gasteiger partial charge >= 0.3 is 5.97 Å². The van der Waals surface area contributed by atoms with Crippen molar-refractivity contribution in [3.63, 3.8) is 0 Å². The normalized spacial score (nSPS) is 10.3. The molecule has 0 rings (SSSR count). The summed E-state index contributed by atoms with van der Waals surface area (Å²) in [5.41, 5.74) is 0.321. The van der Waals surface area contributed by atoms with Crippen LogP contribution < -0.4 is 0 Å². The number of esters is 1. The van der Waals surface area contributed by atoms with Gasteiger partial charge in [-0.1, -0.05) is 32.1 Å². The first-order chi connectivity index (χ1) is 6.22. The van der Waals surface area contributed by atoms with E-state index >= 15 is 0 Å². The lowest BCUT2D eigenvalue weighted by molar-refractivity contribution is -0.139. The van der Waals surface area contributed by atoms with Gasteiger partial charge in [0, 0.05) is 0 Å². The fourth-order valence-electron chi connectivity index (χ4n) is 0.691. The minimum atomic E-state index is -0.471. The summed E-state index contributed by atoms with van der Waals surface area (Å²) >= 11 is 0. The van der Waals surface area contributed by atoms with Gasteiger partial charge in [0.25, 0.3) is 0 Å². The summed E-state index contributed by atoms with van der Waals surface area (Å²) in [6.45, 7) is 5.46. The number of carbonyl (C=O) groups excluding carboxylic acids is 1. The molecule has 13 heavy (non-hydrogen) atoms. The minimum absolute atomic E-state index is 0.0273. The van der Waals surface area contributed by atoms with E-state index in [1.54, 1.807) is 6.08 Å². The Labute approximate surface area is 78.7 Å². The molecule has 3 nitrogen and oxygen atoms in total. The number of ether oxygens (including phenoxy) is 1. The van der Waals surface area contributed by atoms with E-state index in [-0.39, 0.29) is 13.2 Å². The molecule has 0 spiro atoms. The Hall–Kier alpha value is -1.09. The van der Waals surface area contributed by atoms with Crippen molar-refractivity contribution in [3.05, 3.63) is 24.3 Å². The molecule has 0 aromatic carbocycles. The standard InChI is InChI=1S/C10H16O3/c1-3-4-5-6-9(2)10(12)13-8-7-11/h5-6,11H,2-4,7-8H2,1H3. The molecule has 0 aromatic rings. The Bertz CT molecular complexity index is 194. The van der Waals surface area contributed by atoms with Crippen LogP contribution in [-0.4, -0.2) is 24.3 Å². The SMILES string of the molecule is C=C(C=CCCC)C(=O)OCCO. The molecule has 0 aliphatic carbocycles. The predicted octanol–water partition coefficient (Wildman–Crippen LogP) is 1.43. The third-order valence-electron chi connectivity index (χ3n) is 1.36. The van der Waals surface area contributed by atoms with Crippen LogP contribution in [0.15, 0.2) is 24.3 Å². The first-order valence-corrected chi connectivity index (χ1v) is 4.35. The van der Waals surface area contributed by atoms with Gasteiger partial charge < -0.3 is 9.84 Å². The van der Waals surface area contributed by atoms with E-state index < -0.39 is 5.97 Å². The summed E-state index contributed by atoms with van der Waals surface area (Å²) < 4.78 is 4.64. The van der Waals surface area contributed by atoms with E-state index in [0.717, 1.165) is 12.8 Å². The Morgan fingerprint density at radius 1 is 1.62 bits per heavy atom. The zero-order valence-electron chi connectivity index (χ0n) is 7.95. The van der Waals surface area contributed by atoms with Crippen LogP contribution in [0.3, 0.4) is 0 Å². The lowest BCUT2D eigenvalue weighted by Crippen LogP contribution is -2.09. The summed E-state index contributed by atoms with van der Waals surface area (Å²) in [6.07, 6.45) is 5.48. The fourth-order valence-corrected chi connectivity index (χ4v) is 0.691. The number of unbranched alkanes of at least 4 members (excludes halogenated alkanes) is 1. The van der Waals surface area contributed by atoms with Crippen molar-refractivity contribution < 1.29 is 14.6 Å². The van der Waals surface area contributed by atoms with Crippen molar-refractivity contribution in [2.45, 2.75) is 19.8 Å². The minimum Gasteiger partial charge on any atom is -0.460 e. The number of aliphatic hydroxyl groups is 1. The molecule has 0 unspecified atom stereocenters. The van der Waals surface area contributed by atoms with E-state index in [2.05, 4.69) is 18.2 Å². The van der Waals surface area contributed by atoms with Crippen molar-refractivity contribution >= 4 is 5.97 Å². The molecule has 0 amide bonds. The van der Waals surface area contributed by atoms with Crippen LogP contribution in [0.2, 0.25) is 0 Å². The van der Waals surface area contributed by atoms with E-state index in [1.165, 1.54) is 0 Å². The molecule has 74 valence electrons. The molecule has 0 bridgehead atoms. The van der Waals surface area contributed by atoms with Gasteiger partial charge in [0.2, 0.25) is 0 Å². The van der Waals surface area contributed by atoms with Crippen LogP contribution in [0.1, 0.15) is 19.8 Å². The van der Waals surface area contributed by atoms with Crippen molar-refractivity contribution in [3.8, 4) is 0 Å². The molecule has 0 aliphatic rings. The van der Waals surface area contributed by atoms with Gasteiger partial charge in [-0.05, 0) is 6.42 Å². The van der Waals surface area contributed by atoms with Crippen LogP contribution in [0.5, 0.6) is 0 Å². The highest BCUT2D eigenvalue weighted by molar-refractivity contribution is 5.90. The van der Waals surface area contributed by atoms with Gasteiger partial charge in [0.1, 0.15) is 6.61 Å². The second kappa shape index (κ2) is 7.55. The number of hydrogen-bond donors (Lipinski definition) is 1. The summed E-state index contributed by atoms with van der Waals surface area (Å²) in [5, 5.41) is 8.39. The van der Waals surface area contributed by atoms with Gasteiger partial charge in [-0.25, -0.2) is 4.79 Å². The van der Waals surface area contributed by atoms with E-state index in [1.807, 2.05) is 6.08 Å². The third-order valence-corrected chi connectivity index (χ3v) is 1.36. The van der Waals surface area contributed by atoms with E-state index in [0.29, 0.717) is 5.57 Å². The zero-order chi connectivity index (χ0) is 10.1. The molecule has 0 saturated carbocycles. The molecular formula is C10H16O3. The predicted molar refractivity (Wildman–Crippen MR) is 51.2 cm³/mol. The molecule has 0 atom stereocenters. The highest BCUT2D eigenvalue weighted by Gasteiger charge is 2.03. The number of allylic oxidation sites excluding steroid dienone is 1. The molecule has 0 radical (unpaired) electrons. The fraction of sp³-hybridized carbons (Fsp3) is 0.500. The molecule has 0 aromatic heterocycles. The number of hydrogen-bond acceptors (Lipinski definition) is 3. The lowest BCUT2D eigenvalue weighted by Gasteiger charge is -2.00. The van der Waals surface area contributed by atoms with Crippen LogP contribution in [0, 0.1) is 0 Å². The van der Waals surface area contributed by atoms with Crippen LogP contribution in [0.4, 0.5) is 0 Å². The number of aliphatic hydroxyl groups excluding tert-OH is 1. The molecule has 3 heteroatoms. The monoisotopic (exact) mass is 184 g/mol. The third kappa shape index (κ3) is 6.11. The van der Waals surface area contributed by atoms with Crippen molar-refractivity contribution in [1.82, 2.24) is 0 Å². The highest BCUT2D eigenvalue weighted by atomic mass is 16.5. The molecule has 0 saturated heterocycles. The molecule has 0 aliphatic heterocycles. The zero-order valence-corrected chi connectivity index (χ0v) is 7.95. The summed E-state index contributed by atoms with van der Waals surface area (Å²) in [7, 11) is 0. The molecule has 1 N–H and O–H groups in total. The smallest absolute Gasteiger partial charge is 0.337 e. The Balaban J connectivity index is 3.75. The van der Waals surface area contributed by atoms with Crippen molar-refractivity contribution in [2.24, 2.45) is 0 Å². The summed E-state index contributed by atoms with van der Waals surface area (Å²) in [4.78, 5) is 11.0. The Kier molecular flexibility index (Phi) is 6.92. The average molecular weight is 184 g/mol. The Morgan fingerprint density at radius 2 is 2.31 bits per heavy atom. The van der Waals surface area contributed by atoms with Crippen molar-refractivity contribution in [1.29, 1.82) is 0 Å². The second-order valence-corrected chi connectivity index (χ2v) is 2.58. The average Bonchev–Trinajstić information content (AvgIpc) is 2.14. The number of carbonyl (C=O) groups is 1. The van der Waals surface area contributed by atoms with Gasteiger partial charge in [-0.2, -0.15) is 0 Å². The van der Waals surface area contributed by atoms with Gasteiger partial charge in [-0.3, -0.25) is 0 Å². The molecule has 0 fully saturated rings. The molecule has 0 heterocycles. The highest BCUT2D eigenvalue weighted by Crippen LogP contribution is 1.99. The first-order valence-electron chi connectivity index (χ1n) is 4.35. The van der Waals surface area contributed by atoms with E-state index in [9.17, 15) is 4.79 Å². The summed E-state index contributed by atoms with van der Waals surface area (Å²) in [5.74, 6) is -0.471. The quantitative estimate of drug-likeness (QED) is 0.386. The first kappa shape index (κ1) is 11.9. The lowest BCUT2D eigenvalue weighted by atomic mass is 10.2. The topological polar surface area (TPSA) is 46.5 Å². The maximum Gasteiger partial charge on any atom is 0.337 e. The summed E-state index contributed by atoms with van der Waals surface area (Å²) in [6, 6.07) is 0. The van der Waals surface area contributed by atoms with Crippen molar-refractivity contribution in [2.75, 3.05) is 13.2 Å².